The number of fused-ring (bicyclic) bond motifs is 1. The predicted molar refractivity (Wildman–Crippen MR) is 83.8 cm³/mol. The Hall–Kier alpha value is -2.30. The van der Waals surface area contributed by atoms with Crippen LogP contribution in [0.15, 0.2) is 18.2 Å². The fourth-order valence-electron chi connectivity index (χ4n) is 2.64. The molecule has 0 saturated heterocycles. The average molecular weight is 299 g/mol. The van der Waals surface area contributed by atoms with Crippen LogP contribution >= 0.6 is 0 Å². The highest BCUT2D eigenvalue weighted by Gasteiger charge is 2.29. The van der Waals surface area contributed by atoms with Crippen molar-refractivity contribution in [3.05, 3.63) is 46.3 Å². The fraction of sp³-hybridized carbons (Fsp3) is 0.412. The maximum Gasteiger partial charge on any atom is 0.261 e. The van der Waals surface area contributed by atoms with Crippen molar-refractivity contribution in [2.24, 2.45) is 0 Å². The summed E-state index contributed by atoms with van der Waals surface area (Å²) in [6.07, 6.45) is 1.07. The van der Waals surface area contributed by atoms with Gasteiger partial charge in [0, 0.05) is 6.42 Å². The molecule has 2 heterocycles. The van der Waals surface area contributed by atoms with Crippen LogP contribution in [0.1, 0.15) is 35.0 Å². The number of rotatable bonds is 4. The van der Waals surface area contributed by atoms with Crippen molar-refractivity contribution in [2.45, 2.75) is 46.3 Å². The second-order valence-corrected chi connectivity index (χ2v) is 5.81. The molecule has 1 aliphatic rings. The van der Waals surface area contributed by atoms with Crippen LogP contribution in [0.5, 0.6) is 5.75 Å². The van der Waals surface area contributed by atoms with E-state index in [1.54, 1.807) is 0 Å². The van der Waals surface area contributed by atoms with Crippen molar-refractivity contribution >= 4 is 5.91 Å². The van der Waals surface area contributed by atoms with Gasteiger partial charge in [0.1, 0.15) is 5.75 Å². The van der Waals surface area contributed by atoms with E-state index in [1.807, 2.05) is 19.1 Å². The third-order valence-electron chi connectivity index (χ3n) is 4.14. The molecule has 116 valence electrons. The summed E-state index contributed by atoms with van der Waals surface area (Å²) >= 11 is 0. The largest absolute Gasteiger partial charge is 0.480 e. The molecule has 3 rings (SSSR count). The highest BCUT2D eigenvalue weighted by molar-refractivity contribution is 5.82. The number of nitrogens with one attached hydrogen (secondary N) is 2. The normalized spacial score (nSPS) is 16.2. The number of H-pyrrole nitrogens is 1. The molecule has 1 aliphatic heterocycles. The SMILES string of the molecule is CCc1cc(CNC(=O)[C@H]2Cc3cc(C)c(C)cc3O2)[nH]n1. The molecule has 1 atom stereocenters. The summed E-state index contributed by atoms with van der Waals surface area (Å²) in [5.74, 6) is 0.747. The fourth-order valence-corrected chi connectivity index (χ4v) is 2.64. The van der Waals surface area contributed by atoms with Gasteiger partial charge in [0.05, 0.1) is 17.9 Å². The van der Waals surface area contributed by atoms with E-state index in [2.05, 4.69) is 35.4 Å². The van der Waals surface area contributed by atoms with Crippen LogP contribution in [0, 0.1) is 13.8 Å². The second kappa shape index (κ2) is 5.83. The van der Waals surface area contributed by atoms with Crippen LogP contribution in [-0.4, -0.2) is 22.2 Å². The lowest BCUT2D eigenvalue weighted by Gasteiger charge is -2.10. The van der Waals surface area contributed by atoms with Gasteiger partial charge in [-0.3, -0.25) is 9.89 Å². The zero-order valence-electron chi connectivity index (χ0n) is 13.2. The van der Waals surface area contributed by atoms with E-state index in [1.165, 1.54) is 11.1 Å². The molecule has 5 nitrogen and oxygen atoms in total. The van der Waals surface area contributed by atoms with Crippen molar-refractivity contribution in [1.29, 1.82) is 0 Å². The van der Waals surface area contributed by atoms with Gasteiger partial charge >= 0.3 is 0 Å². The molecule has 0 spiro atoms. The summed E-state index contributed by atoms with van der Waals surface area (Å²) in [5.41, 5.74) is 5.43. The van der Waals surface area contributed by atoms with E-state index in [-0.39, 0.29) is 5.91 Å². The van der Waals surface area contributed by atoms with Crippen molar-refractivity contribution < 1.29 is 9.53 Å². The lowest BCUT2D eigenvalue weighted by Crippen LogP contribution is -2.37. The third-order valence-corrected chi connectivity index (χ3v) is 4.14. The number of carbonyl (C=O) groups is 1. The van der Waals surface area contributed by atoms with Gasteiger partial charge in [-0.25, -0.2) is 0 Å². The van der Waals surface area contributed by atoms with Crippen LogP contribution in [-0.2, 0) is 24.2 Å². The first-order valence-electron chi connectivity index (χ1n) is 7.64. The molecule has 0 bridgehead atoms. The number of carbonyl (C=O) groups excluding carboxylic acids is 1. The maximum absolute atomic E-state index is 12.3. The van der Waals surface area contributed by atoms with Gasteiger partial charge in [-0.15, -0.1) is 0 Å². The van der Waals surface area contributed by atoms with Crippen LogP contribution in [0.4, 0.5) is 0 Å². The van der Waals surface area contributed by atoms with E-state index in [0.717, 1.165) is 29.1 Å². The molecule has 0 unspecified atom stereocenters. The van der Waals surface area contributed by atoms with Gasteiger partial charge in [0.15, 0.2) is 6.10 Å². The smallest absolute Gasteiger partial charge is 0.261 e. The minimum Gasteiger partial charge on any atom is -0.480 e. The first kappa shape index (κ1) is 14.6. The summed E-state index contributed by atoms with van der Waals surface area (Å²) < 4.78 is 5.78. The molecular weight excluding hydrogens is 278 g/mol. The molecule has 1 aromatic carbocycles. The van der Waals surface area contributed by atoms with E-state index in [0.29, 0.717) is 13.0 Å². The number of hydrogen-bond acceptors (Lipinski definition) is 3. The monoisotopic (exact) mass is 299 g/mol. The first-order valence-corrected chi connectivity index (χ1v) is 7.64. The number of hydrogen-bond donors (Lipinski definition) is 2. The van der Waals surface area contributed by atoms with E-state index < -0.39 is 6.10 Å². The Balaban J connectivity index is 1.60. The quantitative estimate of drug-likeness (QED) is 0.909. The van der Waals surface area contributed by atoms with Gasteiger partial charge in [0.25, 0.3) is 5.91 Å². The van der Waals surface area contributed by atoms with Gasteiger partial charge in [-0.2, -0.15) is 5.10 Å². The number of aromatic amines is 1. The number of nitrogens with zero attached hydrogens (tertiary/aromatic N) is 1. The van der Waals surface area contributed by atoms with Crippen molar-refractivity contribution in [3.8, 4) is 5.75 Å². The van der Waals surface area contributed by atoms with Crippen molar-refractivity contribution in [3.63, 3.8) is 0 Å². The number of amides is 1. The van der Waals surface area contributed by atoms with Gasteiger partial charge in [0.2, 0.25) is 0 Å². The van der Waals surface area contributed by atoms with Gasteiger partial charge in [-0.1, -0.05) is 13.0 Å². The van der Waals surface area contributed by atoms with Crippen LogP contribution in [0.2, 0.25) is 0 Å². The minimum absolute atomic E-state index is 0.0841. The highest BCUT2D eigenvalue weighted by atomic mass is 16.5. The zero-order chi connectivity index (χ0) is 15.7. The molecule has 2 N–H and O–H groups in total. The maximum atomic E-state index is 12.3. The van der Waals surface area contributed by atoms with Crippen LogP contribution in [0.3, 0.4) is 0 Å². The molecule has 0 radical (unpaired) electrons. The highest BCUT2D eigenvalue weighted by Crippen LogP contribution is 2.31. The number of benzene rings is 1. The molecule has 5 heteroatoms. The predicted octanol–water partition coefficient (Wildman–Crippen LogP) is 2.21. The Kier molecular flexibility index (Phi) is 3.88. The summed E-state index contributed by atoms with van der Waals surface area (Å²) in [6.45, 7) is 6.62. The Morgan fingerprint density at radius 2 is 2.14 bits per heavy atom. The molecule has 0 fully saturated rings. The summed E-state index contributed by atoms with van der Waals surface area (Å²) in [4.78, 5) is 12.3. The molecule has 1 amide bonds. The average Bonchev–Trinajstić information content (AvgIpc) is 3.11. The van der Waals surface area contributed by atoms with E-state index >= 15 is 0 Å². The zero-order valence-corrected chi connectivity index (χ0v) is 13.2. The first-order chi connectivity index (χ1) is 10.6. The summed E-state index contributed by atoms with van der Waals surface area (Å²) in [7, 11) is 0. The summed E-state index contributed by atoms with van der Waals surface area (Å²) in [5, 5.41) is 9.99. The number of aryl methyl sites for hydroxylation is 3. The summed E-state index contributed by atoms with van der Waals surface area (Å²) in [6, 6.07) is 6.10. The van der Waals surface area contributed by atoms with E-state index in [4.69, 9.17) is 4.74 Å². The van der Waals surface area contributed by atoms with E-state index in [9.17, 15) is 4.79 Å². The number of ether oxygens (including phenoxy) is 1. The Morgan fingerprint density at radius 1 is 1.36 bits per heavy atom. The Bertz CT molecular complexity index is 675. The van der Waals surface area contributed by atoms with Crippen molar-refractivity contribution in [2.75, 3.05) is 0 Å². The van der Waals surface area contributed by atoms with Crippen LogP contribution in [0.25, 0.3) is 0 Å². The third kappa shape index (κ3) is 2.84. The van der Waals surface area contributed by atoms with Gasteiger partial charge < -0.3 is 10.1 Å². The van der Waals surface area contributed by atoms with Crippen LogP contribution < -0.4 is 10.1 Å². The lowest BCUT2D eigenvalue weighted by molar-refractivity contribution is -0.127. The molecule has 22 heavy (non-hydrogen) atoms. The minimum atomic E-state index is -0.440. The topological polar surface area (TPSA) is 67.0 Å². The Labute approximate surface area is 130 Å². The Morgan fingerprint density at radius 3 is 2.86 bits per heavy atom. The molecule has 0 aliphatic carbocycles. The lowest BCUT2D eigenvalue weighted by atomic mass is 10.0. The molecule has 1 aromatic heterocycles. The van der Waals surface area contributed by atoms with Gasteiger partial charge in [-0.05, 0) is 49.1 Å². The molecule has 2 aromatic rings. The molecule has 0 saturated carbocycles. The second-order valence-electron chi connectivity index (χ2n) is 5.81. The standard InChI is InChI=1S/C17H21N3O2/c1-4-13-8-14(20-19-13)9-18-17(21)16-7-12-5-10(2)11(3)6-15(12)22-16/h5-6,8,16H,4,7,9H2,1-3H3,(H,18,21)(H,19,20)/t16-/m1/s1. The molecular formula is C17H21N3O2. The number of aromatic nitrogens is 2. The van der Waals surface area contributed by atoms with Crippen molar-refractivity contribution in [1.82, 2.24) is 15.5 Å².